The van der Waals surface area contributed by atoms with Gasteiger partial charge in [-0.1, -0.05) is 18.2 Å². The summed E-state index contributed by atoms with van der Waals surface area (Å²) < 4.78 is 55.0. The molecular weight excluding hydrogens is 284 g/mol. The molecule has 0 aromatic heterocycles. The lowest BCUT2D eigenvalue weighted by molar-refractivity contribution is -0.274. The number of benzene rings is 2. The second-order valence-electron chi connectivity index (χ2n) is 4.90. The van der Waals surface area contributed by atoms with Crippen LogP contribution >= 0.6 is 0 Å². The number of ether oxygens (including phenoxy) is 1. The van der Waals surface area contributed by atoms with Gasteiger partial charge in [-0.2, -0.15) is 0 Å². The Morgan fingerprint density at radius 2 is 1.62 bits per heavy atom. The maximum absolute atomic E-state index is 14.3. The van der Waals surface area contributed by atoms with Crippen molar-refractivity contribution in [1.29, 1.82) is 0 Å². The summed E-state index contributed by atoms with van der Waals surface area (Å²) in [6.45, 7) is 5.20. The van der Waals surface area contributed by atoms with Crippen molar-refractivity contribution in [2.75, 3.05) is 0 Å². The fourth-order valence-electron chi connectivity index (χ4n) is 2.25. The van der Waals surface area contributed by atoms with Gasteiger partial charge in [0.15, 0.2) is 0 Å². The van der Waals surface area contributed by atoms with E-state index in [1.807, 2.05) is 6.92 Å². The van der Waals surface area contributed by atoms with Crippen molar-refractivity contribution in [3.63, 3.8) is 0 Å². The van der Waals surface area contributed by atoms with Crippen LogP contribution in [-0.2, 0) is 0 Å². The van der Waals surface area contributed by atoms with E-state index in [0.29, 0.717) is 22.3 Å². The molecule has 0 amide bonds. The van der Waals surface area contributed by atoms with Gasteiger partial charge in [0.05, 0.1) is 0 Å². The zero-order chi connectivity index (χ0) is 15.8. The Morgan fingerprint density at radius 1 is 0.952 bits per heavy atom. The lowest BCUT2D eigenvalue weighted by Crippen LogP contribution is -2.17. The predicted octanol–water partition coefficient (Wildman–Crippen LogP) is 5.32. The first-order valence-electron chi connectivity index (χ1n) is 6.31. The molecule has 2 aromatic rings. The van der Waals surface area contributed by atoms with E-state index in [-0.39, 0.29) is 5.75 Å². The number of alkyl halides is 3. The van der Waals surface area contributed by atoms with Crippen LogP contribution in [0.3, 0.4) is 0 Å². The SMILES string of the molecule is Cc1cc(C)c(F)c(-c2cccc(OC(F)(F)F)c2)c1C. The third-order valence-corrected chi connectivity index (χ3v) is 3.32. The van der Waals surface area contributed by atoms with E-state index >= 15 is 0 Å². The van der Waals surface area contributed by atoms with Crippen LogP contribution < -0.4 is 4.74 Å². The molecule has 0 spiro atoms. The molecule has 112 valence electrons. The number of hydrogen-bond acceptors (Lipinski definition) is 1. The highest BCUT2D eigenvalue weighted by Crippen LogP contribution is 2.33. The molecule has 0 radical (unpaired) electrons. The van der Waals surface area contributed by atoms with Gasteiger partial charge in [0, 0.05) is 5.56 Å². The van der Waals surface area contributed by atoms with E-state index in [2.05, 4.69) is 4.74 Å². The molecular formula is C16H14F4O. The third kappa shape index (κ3) is 3.35. The van der Waals surface area contributed by atoms with Crippen LogP contribution in [0.4, 0.5) is 17.6 Å². The van der Waals surface area contributed by atoms with Gasteiger partial charge < -0.3 is 4.74 Å². The number of hydrogen-bond donors (Lipinski definition) is 0. The summed E-state index contributed by atoms with van der Waals surface area (Å²) in [5.41, 5.74) is 2.70. The zero-order valence-electron chi connectivity index (χ0n) is 11.8. The Labute approximate surface area is 120 Å². The molecule has 0 heterocycles. The molecule has 5 heteroatoms. The van der Waals surface area contributed by atoms with Crippen LogP contribution in [0.25, 0.3) is 11.1 Å². The van der Waals surface area contributed by atoms with E-state index in [1.165, 1.54) is 18.2 Å². The van der Waals surface area contributed by atoms with Gasteiger partial charge >= 0.3 is 6.36 Å². The zero-order valence-corrected chi connectivity index (χ0v) is 11.8. The van der Waals surface area contributed by atoms with Gasteiger partial charge in [-0.25, -0.2) is 4.39 Å². The largest absolute Gasteiger partial charge is 0.573 e. The highest BCUT2D eigenvalue weighted by Gasteiger charge is 2.31. The molecule has 2 aromatic carbocycles. The standard InChI is InChI=1S/C16H14F4O/c1-9-7-10(2)15(17)14(11(9)3)12-5-4-6-13(8-12)21-16(18,19)20/h4-8H,1-3H3. The Kier molecular flexibility index (Phi) is 3.94. The van der Waals surface area contributed by atoms with Crippen molar-refractivity contribution in [2.45, 2.75) is 27.1 Å². The molecule has 0 atom stereocenters. The van der Waals surface area contributed by atoms with Crippen LogP contribution in [0.1, 0.15) is 16.7 Å². The van der Waals surface area contributed by atoms with Crippen LogP contribution in [0.2, 0.25) is 0 Å². The van der Waals surface area contributed by atoms with Gasteiger partial charge in [0.25, 0.3) is 0 Å². The Balaban J connectivity index is 2.56. The number of aryl methyl sites for hydroxylation is 2. The van der Waals surface area contributed by atoms with E-state index in [9.17, 15) is 17.6 Å². The summed E-state index contributed by atoms with van der Waals surface area (Å²) in [7, 11) is 0. The van der Waals surface area contributed by atoms with E-state index in [4.69, 9.17) is 0 Å². The fourth-order valence-corrected chi connectivity index (χ4v) is 2.25. The number of halogens is 4. The molecule has 2 rings (SSSR count). The van der Waals surface area contributed by atoms with Crippen molar-refractivity contribution in [2.24, 2.45) is 0 Å². The summed E-state index contributed by atoms with van der Waals surface area (Å²) in [5, 5.41) is 0. The Morgan fingerprint density at radius 3 is 2.24 bits per heavy atom. The second-order valence-corrected chi connectivity index (χ2v) is 4.90. The summed E-state index contributed by atoms with van der Waals surface area (Å²) in [6.07, 6.45) is -4.77. The fraction of sp³-hybridized carbons (Fsp3) is 0.250. The van der Waals surface area contributed by atoms with E-state index in [0.717, 1.165) is 5.56 Å². The highest BCUT2D eigenvalue weighted by atomic mass is 19.4. The summed E-state index contributed by atoms with van der Waals surface area (Å²) in [4.78, 5) is 0. The van der Waals surface area contributed by atoms with Crippen LogP contribution in [0, 0.1) is 26.6 Å². The summed E-state index contributed by atoms with van der Waals surface area (Å²) in [5.74, 6) is -0.791. The summed E-state index contributed by atoms with van der Waals surface area (Å²) >= 11 is 0. The van der Waals surface area contributed by atoms with Crippen LogP contribution in [0.15, 0.2) is 30.3 Å². The smallest absolute Gasteiger partial charge is 0.406 e. The average Bonchev–Trinajstić information content (AvgIpc) is 2.35. The molecule has 0 bridgehead atoms. The van der Waals surface area contributed by atoms with Crippen molar-refractivity contribution < 1.29 is 22.3 Å². The monoisotopic (exact) mass is 298 g/mol. The van der Waals surface area contributed by atoms with Crippen molar-refractivity contribution in [3.05, 3.63) is 52.8 Å². The molecule has 0 fully saturated rings. The van der Waals surface area contributed by atoms with Crippen molar-refractivity contribution >= 4 is 0 Å². The van der Waals surface area contributed by atoms with Gasteiger partial charge in [-0.15, -0.1) is 13.2 Å². The maximum atomic E-state index is 14.3. The predicted molar refractivity (Wildman–Crippen MR) is 72.7 cm³/mol. The minimum absolute atomic E-state index is 0.306. The van der Waals surface area contributed by atoms with Gasteiger partial charge in [0.2, 0.25) is 0 Å². The average molecular weight is 298 g/mol. The molecule has 1 nitrogen and oxygen atoms in total. The minimum atomic E-state index is -4.77. The maximum Gasteiger partial charge on any atom is 0.573 e. The third-order valence-electron chi connectivity index (χ3n) is 3.32. The molecule has 0 N–H and O–H groups in total. The lowest BCUT2D eigenvalue weighted by Gasteiger charge is -2.14. The molecule has 0 saturated carbocycles. The van der Waals surface area contributed by atoms with Crippen LogP contribution in [-0.4, -0.2) is 6.36 Å². The van der Waals surface area contributed by atoms with E-state index < -0.39 is 12.2 Å². The Hall–Kier alpha value is -2.04. The molecule has 0 saturated heterocycles. The highest BCUT2D eigenvalue weighted by molar-refractivity contribution is 5.71. The second kappa shape index (κ2) is 5.39. The summed E-state index contributed by atoms with van der Waals surface area (Å²) in [6, 6.07) is 7.06. The first kappa shape index (κ1) is 15.4. The molecule has 0 aliphatic rings. The molecule has 0 unspecified atom stereocenters. The minimum Gasteiger partial charge on any atom is -0.406 e. The Bertz CT molecular complexity index is 648. The quantitative estimate of drug-likeness (QED) is 0.682. The molecule has 0 aliphatic heterocycles. The molecule has 0 aliphatic carbocycles. The van der Waals surface area contributed by atoms with Gasteiger partial charge in [-0.05, 0) is 55.2 Å². The van der Waals surface area contributed by atoms with E-state index in [1.54, 1.807) is 26.0 Å². The van der Waals surface area contributed by atoms with Crippen LogP contribution in [0.5, 0.6) is 5.75 Å². The lowest BCUT2D eigenvalue weighted by atomic mass is 9.94. The van der Waals surface area contributed by atoms with Gasteiger partial charge in [0.1, 0.15) is 11.6 Å². The molecule has 21 heavy (non-hydrogen) atoms. The first-order chi connectivity index (χ1) is 9.69. The topological polar surface area (TPSA) is 9.23 Å². The van der Waals surface area contributed by atoms with Gasteiger partial charge in [-0.3, -0.25) is 0 Å². The first-order valence-corrected chi connectivity index (χ1v) is 6.31. The van der Waals surface area contributed by atoms with Crippen molar-refractivity contribution in [3.8, 4) is 16.9 Å². The number of rotatable bonds is 2. The van der Waals surface area contributed by atoms with Crippen molar-refractivity contribution in [1.82, 2.24) is 0 Å². The normalized spacial score (nSPS) is 11.6.